The molecule has 0 radical (unpaired) electrons. The number of alkyl halides is 3. The molecule has 2 aliphatic rings. The summed E-state index contributed by atoms with van der Waals surface area (Å²) in [4.78, 5) is 24.9. The van der Waals surface area contributed by atoms with Gasteiger partial charge in [0.05, 0.1) is 10.7 Å². The van der Waals surface area contributed by atoms with Crippen molar-refractivity contribution in [2.24, 2.45) is 5.16 Å². The lowest BCUT2D eigenvalue weighted by molar-refractivity contribution is -0.142. The summed E-state index contributed by atoms with van der Waals surface area (Å²) >= 11 is 1.60. The summed E-state index contributed by atoms with van der Waals surface area (Å²) in [5, 5.41) is 10.9. The number of likely N-dealkylation sites (tertiary alicyclic amines) is 1. The van der Waals surface area contributed by atoms with E-state index >= 15 is 0 Å². The number of hydrogen-bond donors (Lipinski definition) is 0. The molecule has 7 nitrogen and oxygen atoms in total. The number of piperidine rings is 1. The summed E-state index contributed by atoms with van der Waals surface area (Å²) < 4.78 is 39.8. The summed E-state index contributed by atoms with van der Waals surface area (Å²) in [5.41, 5.74) is 2.25. The summed E-state index contributed by atoms with van der Waals surface area (Å²) in [6.45, 7) is 2.39. The summed E-state index contributed by atoms with van der Waals surface area (Å²) in [5.74, 6) is 0.00855. The standard InChI is InChI=1S/C25H26F3N5O2S/c1-16-11-22(25(26,27)28)30-33(16)14-23(34)32-9-7-18(8-10-32)24-29-21(15-36-24)20-13-19(35-31-20)12-17-5-3-2-4-6-17/h2-6,11,15,18-19H,7-10,12-14H2,1H3. The number of carbonyl (C=O) groups is 1. The monoisotopic (exact) mass is 517 g/mol. The lowest BCUT2D eigenvalue weighted by Crippen LogP contribution is -2.40. The number of benzene rings is 1. The maximum absolute atomic E-state index is 12.9. The lowest BCUT2D eigenvalue weighted by atomic mass is 9.97. The Kier molecular flexibility index (Phi) is 6.83. The minimum atomic E-state index is -4.52. The predicted octanol–water partition coefficient (Wildman–Crippen LogP) is 4.81. The van der Waals surface area contributed by atoms with Gasteiger partial charge in [-0.25, -0.2) is 4.98 Å². The van der Waals surface area contributed by atoms with Crippen LogP contribution in [0.3, 0.4) is 0 Å². The Hall–Kier alpha value is -3.21. The average Bonchev–Trinajstić information content (AvgIpc) is 3.60. The van der Waals surface area contributed by atoms with Crippen LogP contribution in [0.4, 0.5) is 13.2 Å². The van der Waals surface area contributed by atoms with Gasteiger partial charge in [0, 0.05) is 42.9 Å². The van der Waals surface area contributed by atoms with Gasteiger partial charge >= 0.3 is 6.18 Å². The summed E-state index contributed by atoms with van der Waals surface area (Å²) in [6.07, 6.45) is -1.49. The van der Waals surface area contributed by atoms with E-state index in [0.717, 1.165) is 46.4 Å². The van der Waals surface area contributed by atoms with Crippen LogP contribution in [0.2, 0.25) is 0 Å². The van der Waals surface area contributed by atoms with Crippen LogP contribution in [-0.2, 0) is 28.8 Å². The molecule has 0 N–H and O–H groups in total. The molecule has 0 spiro atoms. The Labute approximate surface area is 210 Å². The van der Waals surface area contributed by atoms with Gasteiger partial charge in [-0.3, -0.25) is 9.48 Å². The number of halogens is 3. The largest absolute Gasteiger partial charge is 0.435 e. The van der Waals surface area contributed by atoms with Crippen LogP contribution < -0.4 is 0 Å². The average molecular weight is 518 g/mol. The fourth-order valence-electron chi connectivity index (χ4n) is 4.59. The number of oxime groups is 1. The molecule has 3 aromatic rings. The van der Waals surface area contributed by atoms with Gasteiger partial charge in [0.1, 0.15) is 18.4 Å². The molecule has 36 heavy (non-hydrogen) atoms. The maximum atomic E-state index is 12.9. The number of aromatic nitrogens is 3. The molecule has 0 saturated carbocycles. The number of amides is 1. The zero-order chi connectivity index (χ0) is 25.3. The van der Waals surface area contributed by atoms with E-state index in [1.165, 1.54) is 12.5 Å². The zero-order valence-electron chi connectivity index (χ0n) is 19.7. The SMILES string of the molecule is Cc1cc(C(F)(F)F)nn1CC(=O)N1CCC(c2nc(C3=NOC(Cc4ccccc4)C3)cs2)CC1. The van der Waals surface area contributed by atoms with Crippen LogP contribution in [0, 0.1) is 6.92 Å². The Morgan fingerprint density at radius 1 is 1.19 bits per heavy atom. The van der Waals surface area contributed by atoms with Crippen LogP contribution >= 0.6 is 11.3 Å². The third-order valence-electron chi connectivity index (χ3n) is 6.61. The first kappa shape index (κ1) is 24.5. The fraction of sp³-hybridized carbons (Fsp3) is 0.440. The normalized spacial score (nSPS) is 18.8. The van der Waals surface area contributed by atoms with Crippen LogP contribution in [0.15, 0.2) is 46.9 Å². The van der Waals surface area contributed by atoms with E-state index in [4.69, 9.17) is 9.82 Å². The first-order valence-corrected chi connectivity index (χ1v) is 12.8. The number of aryl methyl sites for hydroxylation is 1. The molecule has 0 aliphatic carbocycles. The van der Waals surface area contributed by atoms with Gasteiger partial charge in [0.25, 0.3) is 0 Å². The highest BCUT2D eigenvalue weighted by molar-refractivity contribution is 7.10. The molecule has 2 aromatic heterocycles. The number of rotatable bonds is 6. The smallest absolute Gasteiger partial charge is 0.391 e. The molecule has 1 aromatic carbocycles. The quantitative estimate of drug-likeness (QED) is 0.471. The number of nitrogens with zero attached hydrogens (tertiary/aromatic N) is 5. The van der Waals surface area contributed by atoms with Gasteiger partial charge in [-0.05, 0) is 31.4 Å². The van der Waals surface area contributed by atoms with Gasteiger partial charge in [0.2, 0.25) is 5.91 Å². The van der Waals surface area contributed by atoms with Crippen molar-refractivity contribution in [3.8, 4) is 0 Å². The summed E-state index contributed by atoms with van der Waals surface area (Å²) in [6, 6.07) is 11.1. The van der Waals surface area contributed by atoms with Crippen molar-refractivity contribution in [1.82, 2.24) is 19.7 Å². The third kappa shape index (κ3) is 5.45. The van der Waals surface area contributed by atoms with Crippen molar-refractivity contribution < 1.29 is 22.8 Å². The van der Waals surface area contributed by atoms with E-state index in [1.807, 2.05) is 23.6 Å². The molecular weight excluding hydrogens is 491 g/mol. The van der Waals surface area contributed by atoms with Gasteiger partial charge in [-0.1, -0.05) is 35.5 Å². The van der Waals surface area contributed by atoms with Crippen molar-refractivity contribution in [1.29, 1.82) is 0 Å². The van der Waals surface area contributed by atoms with E-state index in [9.17, 15) is 18.0 Å². The maximum Gasteiger partial charge on any atom is 0.435 e. The molecule has 11 heteroatoms. The zero-order valence-corrected chi connectivity index (χ0v) is 20.6. The van der Waals surface area contributed by atoms with E-state index in [2.05, 4.69) is 22.4 Å². The van der Waals surface area contributed by atoms with E-state index in [1.54, 1.807) is 16.2 Å². The molecule has 1 saturated heterocycles. The second kappa shape index (κ2) is 10.0. The number of thiazole rings is 1. The molecule has 1 unspecified atom stereocenters. The van der Waals surface area contributed by atoms with Crippen molar-refractivity contribution in [3.63, 3.8) is 0 Å². The molecular formula is C25H26F3N5O2S. The number of hydrogen-bond acceptors (Lipinski definition) is 6. The minimum absolute atomic E-state index is 0.00688. The molecule has 1 atom stereocenters. The molecule has 2 aliphatic heterocycles. The Morgan fingerprint density at radius 3 is 2.64 bits per heavy atom. The fourth-order valence-corrected chi connectivity index (χ4v) is 5.59. The molecule has 1 fully saturated rings. The number of carbonyl (C=O) groups excluding carboxylic acids is 1. The minimum Gasteiger partial charge on any atom is -0.391 e. The van der Waals surface area contributed by atoms with Crippen LogP contribution in [0.25, 0.3) is 0 Å². The Morgan fingerprint density at radius 2 is 1.94 bits per heavy atom. The van der Waals surface area contributed by atoms with E-state index in [0.29, 0.717) is 25.2 Å². The Balaban J connectivity index is 1.13. The highest BCUT2D eigenvalue weighted by Gasteiger charge is 2.35. The van der Waals surface area contributed by atoms with E-state index in [-0.39, 0.29) is 24.5 Å². The first-order valence-electron chi connectivity index (χ1n) is 11.9. The van der Waals surface area contributed by atoms with Gasteiger partial charge in [-0.2, -0.15) is 18.3 Å². The van der Waals surface area contributed by atoms with E-state index < -0.39 is 11.9 Å². The van der Waals surface area contributed by atoms with Crippen molar-refractivity contribution >= 4 is 23.0 Å². The second-order valence-electron chi connectivity index (χ2n) is 9.21. The molecule has 4 heterocycles. The van der Waals surface area contributed by atoms with Crippen LogP contribution in [0.1, 0.15) is 52.8 Å². The summed E-state index contributed by atoms with van der Waals surface area (Å²) in [7, 11) is 0. The predicted molar refractivity (Wildman–Crippen MR) is 129 cm³/mol. The molecule has 0 bridgehead atoms. The third-order valence-corrected chi connectivity index (χ3v) is 7.62. The molecule has 190 valence electrons. The first-order chi connectivity index (χ1) is 17.3. The van der Waals surface area contributed by atoms with Crippen molar-refractivity contribution in [2.75, 3.05) is 13.1 Å². The van der Waals surface area contributed by atoms with Crippen molar-refractivity contribution in [2.45, 2.75) is 57.3 Å². The topological polar surface area (TPSA) is 72.6 Å². The van der Waals surface area contributed by atoms with Gasteiger partial charge in [0.15, 0.2) is 5.69 Å². The lowest BCUT2D eigenvalue weighted by Gasteiger charge is -2.31. The molecule has 1 amide bonds. The van der Waals surface area contributed by atoms with Crippen LogP contribution in [0.5, 0.6) is 0 Å². The molecule has 5 rings (SSSR count). The van der Waals surface area contributed by atoms with Crippen molar-refractivity contribution in [3.05, 3.63) is 69.4 Å². The highest BCUT2D eigenvalue weighted by atomic mass is 32.1. The van der Waals surface area contributed by atoms with Gasteiger partial charge < -0.3 is 9.74 Å². The van der Waals surface area contributed by atoms with Gasteiger partial charge in [-0.15, -0.1) is 11.3 Å². The second-order valence-corrected chi connectivity index (χ2v) is 10.1. The highest BCUT2D eigenvalue weighted by Crippen LogP contribution is 2.32. The van der Waals surface area contributed by atoms with Crippen LogP contribution in [-0.4, -0.2) is 50.5 Å². The Bertz CT molecular complexity index is 1250.